The molecule has 0 aromatic carbocycles. The molecule has 1 fully saturated rings. The highest BCUT2D eigenvalue weighted by molar-refractivity contribution is 5.90. The Bertz CT molecular complexity index is 403. The maximum absolute atomic E-state index is 12.0. The SMILES string of the molecule is CCc1nc(C(=O)NC2CCCCCC2N)n[nH]1. The number of nitrogens with zero attached hydrogens (tertiary/aromatic N) is 2. The van der Waals surface area contributed by atoms with Crippen molar-refractivity contribution in [3.63, 3.8) is 0 Å². The lowest BCUT2D eigenvalue weighted by Gasteiger charge is -2.21. The van der Waals surface area contributed by atoms with E-state index in [1.54, 1.807) is 0 Å². The van der Waals surface area contributed by atoms with Crippen LogP contribution >= 0.6 is 0 Å². The summed E-state index contributed by atoms with van der Waals surface area (Å²) in [4.78, 5) is 16.1. The number of aromatic nitrogens is 3. The number of aryl methyl sites for hydroxylation is 1. The van der Waals surface area contributed by atoms with Crippen molar-refractivity contribution >= 4 is 5.91 Å². The van der Waals surface area contributed by atoms with Crippen LogP contribution in [0.15, 0.2) is 0 Å². The normalized spacial score (nSPS) is 24.6. The Labute approximate surface area is 107 Å². The van der Waals surface area contributed by atoms with Crippen LogP contribution in [-0.4, -0.2) is 33.2 Å². The van der Waals surface area contributed by atoms with E-state index in [0.29, 0.717) is 0 Å². The third kappa shape index (κ3) is 3.07. The molecule has 1 aromatic rings. The number of carbonyl (C=O) groups excluding carboxylic acids is 1. The molecule has 100 valence electrons. The highest BCUT2D eigenvalue weighted by Gasteiger charge is 2.23. The van der Waals surface area contributed by atoms with E-state index in [1.807, 2.05) is 6.92 Å². The Morgan fingerprint density at radius 1 is 1.44 bits per heavy atom. The first-order valence-corrected chi connectivity index (χ1v) is 6.68. The second kappa shape index (κ2) is 5.95. The average Bonchev–Trinajstić information content (AvgIpc) is 2.77. The molecule has 1 amide bonds. The second-order valence-electron chi connectivity index (χ2n) is 4.84. The molecule has 6 nitrogen and oxygen atoms in total. The summed E-state index contributed by atoms with van der Waals surface area (Å²) < 4.78 is 0. The number of amides is 1. The zero-order valence-electron chi connectivity index (χ0n) is 10.8. The fourth-order valence-electron chi connectivity index (χ4n) is 2.30. The zero-order chi connectivity index (χ0) is 13.0. The van der Waals surface area contributed by atoms with Gasteiger partial charge in [0.05, 0.1) is 0 Å². The molecule has 2 unspecified atom stereocenters. The number of hydrogen-bond acceptors (Lipinski definition) is 4. The van der Waals surface area contributed by atoms with Crippen molar-refractivity contribution in [3.05, 3.63) is 11.6 Å². The summed E-state index contributed by atoms with van der Waals surface area (Å²) >= 11 is 0. The van der Waals surface area contributed by atoms with Gasteiger partial charge in [0.25, 0.3) is 5.91 Å². The van der Waals surface area contributed by atoms with Crippen molar-refractivity contribution in [3.8, 4) is 0 Å². The third-order valence-corrected chi connectivity index (χ3v) is 3.46. The van der Waals surface area contributed by atoms with Gasteiger partial charge in [-0.1, -0.05) is 26.2 Å². The van der Waals surface area contributed by atoms with Crippen LogP contribution in [-0.2, 0) is 6.42 Å². The average molecular weight is 251 g/mol. The molecule has 0 aliphatic heterocycles. The van der Waals surface area contributed by atoms with E-state index < -0.39 is 0 Å². The van der Waals surface area contributed by atoms with E-state index in [1.165, 1.54) is 6.42 Å². The highest BCUT2D eigenvalue weighted by Crippen LogP contribution is 2.16. The Morgan fingerprint density at radius 3 is 2.94 bits per heavy atom. The summed E-state index contributed by atoms with van der Waals surface area (Å²) in [7, 11) is 0. The van der Waals surface area contributed by atoms with Crippen molar-refractivity contribution in [1.29, 1.82) is 0 Å². The zero-order valence-corrected chi connectivity index (χ0v) is 10.8. The molecule has 2 atom stereocenters. The van der Waals surface area contributed by atoms with Crippen molar-refractivity contribution < 1.29 is 4.79 Å². The highest BCUT2D eigenvalue weighted by atomic mass is 16.2. The Morgan fingerprint density at radius 2 is 2.22 bits per heavy atom. The molecule has 0 spiro atoms. The van der Waals surface area contributed by atoms with E-state index >= 15 is 0 Å². The van der Waals surface area contributed by atoms with Gasteiger partial charge in [0.2, 0.25) is 5.82 Å². The van der Waals surface area contributed by atoms with Crippen LogP contribution in [0.4, 0.5) is 0 Å². The molecule has 4 N–H and O–H groups in total. The molecule has 18 heavy (non-hydrogen) atoms. The van der Waals surface area contributed by atoms with Crippen molar-refractivity contribution in [2.24, 2.45) is 5.73 Å². The quantitative estimate of drug-likeness (QED) is 0.691. The van der Waals surface area contributed by atoms with Gasteiger partial charge in [0.1, 0.15) is 5.82 Å². The smallest absolute Gasteiger partial charge is 0.291 e. The van der Waals surface area contributed by atoms with Gasteiger partial charge in [-0.15, -0.1) is 5.10 Å². The minimum Gasteiger partial charge on any atom is -0.345 e. The maximum atomic E-state index is 12.0. The van der Waals surface area contributed by atoms with E-state index in [9.17, 15) is 4.79 Å². The fraction of sp³-hybridized carbons (Fsp3) is 0.750. The molecule has 0 saturated heterocycles. The lowest BCUT2D eigenvalue weighted by Crippen LogP contribution is -2.47. The first kappa shape index (κ1) is 13.0. The van der Waals surface area contributed by atoms with Gasteiger partial charge >= 0.3 is 0 Å². The number of hydrogen-bond donors (Lipinski definition) is 3. The Hall–Kier alpha value is -1.43. The Balaban J connectivity index is 1.97. The predicted molar refractivity (Wildman–Crippen MR) is 68.1 cm³/mol. The van der Waals surface area contributed by atoms with Gasteiger partial charge in [-0.3, -0.25) is 9.89 Å². The van der Waals surface area contributed by atoms with Crippen LogP contribution in [0, 0.1) is 0 Å². The van der Waals surface area contributed by atoms with Gasteiger partial charge in [0, 0.05) is 18.5 Å². The fourth-order valence-corrected chi connectivity index (χ4v) is 2.30. The second-order valence-corrected chi connectivity index (χ2v) is 4.84. The summed E-state index contributed by atoms with van der Waals surface area (Å²) in [6.45, 7) is 1.96. The van der Waals surface area contributed by atoms with Crippen LogP contribution < -0.4 is 11.1 Å². The summed E-state index contributed by atoms with van der Waals surface area (Å²) in [5.41, 5.74) is 6.07. The van der Waals surface area contributed by atoms with Crippen molar-refractivity contribution in [2.75, 3.05) is 0 Å². The van der Waals surface area contributed by atoms with Gasteiger partial charge < -0.3 is 11.1 Å². The number of rotatable bonds is 3. The first-order chi connectivity index (χ1) is 8.70. The summed E-state index contributed by atoms with van der Waals surface area (Å²) in [6.07, 6.45) is 6.11. The molecule has 1 heterocycles. The van der Waals surface area contributed by atoms with Crippen LogP contribution in [0.1, 0.15) is 55.5 Å². The van der Waals surface area contributed by atoms with Crippen molar-refractivity contribution in [2.45, 2.75) is 57.5 Å². The van der Waals surface area contributed by atoms with Crippen molar-refractivity contribution in [1.82, 2.24) is 20.5 Å². The lowest BCUT2D eigenvalue weighted by atomic mass is 10.0. The van der Waals surface area contributed by atoms with E-state index in [2.05, 4.69) is 20.5 Å². The standard InChI is InChI=1S/C12H21N5O/c1-2-10-15-11(17-16-10)12(18)14-9-7-5-3-4-6-8(9)13/h8-9H,2-7,13H2,1H3,(H,14,18)(H,15,16,17). The minimum atomic E-state index is -0.228. The number of H-pyrrole nitrogens is 1. The molecule has 1 aromatic heterocycles. The lowest BCUT2D eigenvalue weighted by molar-refractivity contribution is 0.0918. The number of aromatic amines is 1. The summed E-state index contributed by atoms with van der Waals surface area (Å²) in [6, 6.07) is 0.0876. The van der Waals surface area contributed by atoms with Crippen LogP contribution in [0.3, 0.4) is 0 Å². The summed E-state index contributed by atoms with van der Waals surface area (Å²) in [5, 5.41) is 9.61. The molecule has 1 aliphatic carbocycles. The van der Waals surface area contributed by atoms with E-state index in [-0.39, 0.29) is 23.8 Å². The first-order valence-electron chi connectivity index (χ1n) is 6.68. The molecular weight excluding hydrogens is 230 g/mol. The van der Waals surface area contributed by atoms with E-state index in [4.69, 9.17) is 5.73 Å². The van der Waals surface area contributed by atoms with Gasteiger partial charge in [0.15, 0.2) is 0 Å². The number of carbonyl (C=O) groups is 1. The van der Waals surface area contributed by atoms with Gasteiger partial charge in [-0.05, 0) is 12.8 Å². The minimum absolute atomic E-state index is 0.0426. The van der Waals surface area contributed by atoms with Crippen LogP contribution in [0.25, 0.3) is 0 Å². The third-order valence-electron chi connectivity index (χ3n) is 3.46. The monoisotopic (exact) mass is 251 g/mol. The topological polar surface area (TPSA) is 96.7 Å². The van der Waals surface area contributed by atoms with Crippen LogP contribution in [0.5, 0.6) is 0 Å². The van der Waals surface area contributed by atoms with Crippen LogP contribution in [0.2, 0.25) is 0 Å². The molecule has 0 radical (unpaired) electrons. The molecule has 1 saturated carbocycles. The predicted octanol–water partition coefficient (Wildman–Crippen LogP) is 0.757. The molecule has 6 heteroatoms. The molecule has 0 bridgehead atoms. The van der Waals surface area contributed by atoms with E-state index in [0.717, 1.165) is 37.9 Å². The molecular formula is C12H21N5O. The molecule has 1 aliphatic rings. The number of nitrogens with two attached hydrogens (primary N) is 1. The number of nitrogens with one attached hydrogen (secondary N) is 2. The molecule has 2 rings (SSSR count). The largest absolute Gasteiger partial charge is 0.345 e. The van der Waals surface area contributed by atoms with Gasteiger partial charge in [-0.25, -0.2) is 4.98 Å². The van der Waals surface area contributed by atoms with Gasteiger partial charge in [-0.2, -0.15) is 0 Å². The summed E-state index contributed by atoms with van der Waals surface area (Å²) in [5.74, 6) is 0.710. The maximum Gasteiger partial charge on any atom is 0.291 e. The Kier molecular flexibility index (Phi) is 4.30.